The summed E-state index contributed by atoms with van der Waals surface area (Å²) >= 11 is 6.03. The summed E-state index contributed by atoms with van der Waals surface area (Å²) in [5, 5.41) is 6.44. The molecule has 128 valence electrons. The van der Waals surface area contributed by atoms with Crippen LogP contribution in [0.3, 0.4) is 0 Å². The van der Waals surface area contributed by atoms with Gasteiger partial charge in [0, 0.05) is 44.8 Å². The monoisotopic (exact) mass is 340 g/mol. The number of hydrogen-bond donors (Lipinski definition) is 2. The summed E-state index contributed by atoms with van der Waals surface area (Å²) < 4.78 is 5.33. The molecule has 0 bridgehead atoms. The standard InChI is InChI=1S/C16H25ClN4O2/c1-12(11-21-6-8-23-9-7-21)18-16(22)19-14-10-13(17)4-5-15(14)20(2)3/h4-5,10,12H,6-9,11H2,1-3H3,(H2,18,19,22)/t12-/m1/s1. The van der Waals surface area contributed by atoms with E-state index in [2.05, 4.69) is 15.5 Å². The number of carbonyl (C=O) groups is 1. The van der Waals surface area contributed by atoms with Crippen molar-refractivity contribution in [2.45, 2.75) is 13.0 Å². The van der Waals surface area contributed by atoms with E-state index in [0.717, 1.165) is 38.5 Å². The van der Waals surface area contributed by atoms with Gasteiger partial charge in [0.05, 0.1) is 24.6 Å². The number of ether oxygens (including phenoxy) is 1. The SMILES string of the molecule is C[C@H](CN1CCOCC1)NC(=O)Nc1cc(Cl)ccc1N(C)C. The van der Waals surface area contributed by atoms with Gasteiger partial charge in [0.1, 0.15) is 0 Å². The molecule has 0 aliphatic carbocycles. The van der Waals surface area contributed by atoms with Crippen LogP contribution in [0, 0.1) is 0 Å². The van der Waals surface area contributed by atoms with Crippen LogP contribution in [-0.2, 0) is 4.74 Å². The van der Waals surface area contributed by atoms with Gasteiger partial charge < -0.3 is 20.3 Å². The molecule has 0 saturated carbocycles. The largest absolute Gasteiger partial charge is 0.379 e. The lowest BCUT2D eigenvalue weighted by atomic mass is 10.2. The van der Waals surface area contributed by atoms with E-state index in [9.17, 15) is 4.79 Å². The Kier molecular flexibility index (Phi) is 6.50. The molecule has 0 unspecified atom stereocenters. The molecular formula is C16H25ClN4O2. The smallest absolute Gasteiger partial charge is 0.319 e. The van der Waals surface area contributed by atoms with E-state index in [1.165, 1.54) is 0 Å². The van der Waals surface area contributed by atoms with Crippen LogP contribution in [0.25, 0.3) is 0 Å². The van der Waals surface area contributed by atoms with Crippen molar-refractivity contribution < 1.29 is 9.53 Å². The Labute approximate surface area is 142 Å². The summed E-state index contributed by atoms with van der Waals surface area (Å²) in [7, 11) is 3.85. The molecular weight excluding hydrogens is 316 g/mol. The Bertz CT molecular complexity index is 533. The second kappa shape index (κ2) is 8.38. The molecule has 1 aromatic carbocycles. The average Bonchev–Trinajstić information content (AvgIpc) is 2.47. The minimum Gasteiger partial charge on any atom is -0.379 e. The van der Waals surface area contributed by atoms with Crippen LogP contribution in [0.15, 0.2) is 18.2 Å². The van der Waals surface area contributed by atoms with Gasteiger partial charge in [0.25, 0.3) is 0 Å². The molecule has 23 heavy (non-hydrogen) atoms. The molecule has 7 heteroatoms. The third-order valence-electron chi connectivity index (χ3n) is 3.70. The van der Waals surface area contributed by atoms with Crippen molar-refractivity contribution in [3.8, 4) is 0 Å². The van der Waals surface area contributed by atoms with Gasteiger partial charge in [-0.1, -0.05) is 11.6 Å². The molecule has 2 rings (SSSR count). The van der Waals surface area contributed by atoms with Crippen molar-refractivity contribution in [2.24, 2.45) is 0 Å². The van der Waals surface area contributed by atoms with Crippen molar-refractivity contribution >= 4 is 29.0 Å². The van der Waals surface area contributed by atoms with Gasteiger partial charge in [0.2, 0.25) is 0 Å². The summed E-state index contributed by atoms with van der Waals surface area (Å²) in [6, 6.07) is 5.27. The minimum absolute atomic E-state index is 0.0510. The number of rotatable bonds is 5. The van der Waals surface area contributed by atoms with E-state index in [1.807, 2.05) is 32.0 Å². The predicted octanol–water partition coefficient (Wildman–Crippen LogP) is 2.25. The maximum atomic E-state index is 12.2. The second-order valence-electron chi connectivity index (χ2n) is 5.97. The summed E-state index contributed by atoms with van der Waals surface area (Å²) in [4.78, 5) is 16.4. The quantitative estimate of drug-likeness (QED) is 0.863. The van der Waals surface area contributed by atoms with Gasteiger partial charge in [-0.05, 0) is 25.1 Å². The zero-order chi connectivity index (χ0) is 16.8. The first-order chi connectivity index (χ1) is 11.0. The highest BCUT2D eigenvalue weighted by atomic mass is 35.5. The highest BCUT2D eigenvalue weighted by molar-refractivity contribution is 6.31. The zero-order valence-corrected chi connectivity index (χ0v) is 14.7. The van der Waals surface area contributed by atoms with Gasteiger partial charge in [-0.2, -0.15) is 0 Å². The topological polar surface area (TPSA) is 56.8 Å². The summed E-state index contributed by atoms with van der Waals surface area (Å²) in [6.07, 6.45) is 0. The fourth-order valence-corrected chi connectivity index (χ4v) is 2.77. The van der Waals surface area contributed by atoms with E-state index in [-0.39, 0.29) is 12.1 Å². The molecule has 2 N–H and O–H groups in total. The Balaban J connectivity index is 1.90. The fraction of sp³-hybridized carbons (Fsp3) is 0.562. The highest BCUT2D eigenvalue weighted by Gasteiger charge is 2.16. The number of benzene rings is 1. The first kappa shape index (κ1) is 17.8. The zero-order valence-electron chi connectivity index (χ0n) is 13.9. The van der Waals surface area contributed by atoms with E-state index < -0.39 is 0 Å². The van der Waals surface area contributed by atoms with Gasteiger partial charge in [-0.25, -0.2) is 4.79 Å². The van der Waals surface area contributed by atoms with Crippen LogP contribution < -0.4 is 15.5 Å². The number of amides is 2. The van der Waals surface area contributed by atoms with Gasteiger partial charge in [0.15, 0.2) is 0 Å². The van der Waals surface area contributed by atoms with Crippen LogP contribution in [-0.4, -0.2) is 63.9 Å². The van der Waals surface area contributed by atoms with Gasteiger partial charge >= 0.3 is 6.03 Å². The van der Waals surface area contributed by atoms with Crippen molar-refractivity contribution in [1.82, 2.24) is 10.2 Å². The maximum Gasteiger partial charge on any atom is 0.319 e. The molecule has 1 atom stereocenters. The molecule has 0 spiro atoms. The number of anilines is 2. The normalized spacial score (nSPS) is 16.7. The molecule has 0 radical (unpaired) electrons. The number of nitrogens with one attached hydrogen (secondary N) is 2. The van der Waals surface area contributed by atoms with Crippen molar-refractivity contribution in [2.75, 3.05) is 57.2 Å². The lowest BCUT2D eigenvalue weighted by Gasteiger charge is -2.29. The molecule has 1 saturated heterocycles. The van der Waals surface area contributed by atoms with Gasteiger partial charge in [-0.15, -0.1) is 0 Å². The third kappa shape index (κ3) is 5.57. The van der Waals surface area contributed by atoms with Crippen LogP contribution >= 0.6 is 11.6 Å². The van der Waals surface area contributed by atoms with E-state index in [4.69, 9.17) is 16.3 Å². The summed E-state index contributed by atoms with van der Waals surface area (Å²) in [5.41, 5.74) is 1.60. The molecule has 1 heterocycles. The first-order valence-electron chi connectivity index (χ1n) is 7.80. The Morgan fingerprint density at radius 1 is 1.39 bits per heavy atom. The second-order valence-corrected chi connectivity index (χ2v) is 6.40. The Hall–Kier alpha value is -1.50. The predicted molar refractivity (Wildman–Crippen MR) is 94.7 cm³/mol. The van der Waals surface area contributed by atoms with Crippen molar-refractivity contribution in [3.05, 3.63) is 23.2 Å². The molecule has 1 aliphatic rings. The van der Waals surface area contributed by atoms with E-state index in [1.54, 1.807) is 12.1 Å². The van der Waals surface area contributed by atoms with Crippen LogP contribution in [0.5, 0.6) is 0 Å². The number of halogens is 1. The van der Waals surface area contributed by atoms with Crippen LogP contribution in [0.2, 0.25) is 5.02 Å². The van der Waals surface area contributed by atoms with Gasteiger partial charge in [-0.3, -0.25) is 4.90 Å². The van der Waals surface area contributed by atoms with E-state index >= 15 is 0 Å². The van der Waals surface area contributed by atoms with Crippen molar-refractivity contribution in [3.63, 3.8) is 0 Å². The number of carbonyl (C=O) groups excluding carboxylic acids is 1. The fourth-order valence-electron chi connectivity index (χ4n) is 2.60. The lowest BCUT2D eigenvalue weighted by Crippen LogP contribution is -2.47. The van der Waals surface area contributed by atoms with Crippen molar-refractivity contribution in [1.29, 1.82) is 0 Å². The Morgan fingerprint density at radius 3 is 2.74 bits per heavy atom. The number of morpholine rings is 1. The summed E-state index contributed by atoms with van der Waals surface area (Å²) in [6.45, 7) is 6.15. The maximum absolute atomic E-state index is 12.2. The highest BCUT2D eigenvalue weighted by Crippen LogP contribution is 2.27. The number of hydrogen-bond acceptors (Lipinski definition) is 4. The number of urea groups is 1. The Morgan fingerprint density at radius 2 is 2.09 bits per heavy atom. The molecule has 6 nitrogen and oxygen atoms in total. The first-order valence-corrected chi connectivity index (χ1v) is 8.18. The minimum atomic E-state index is -0.226. The lowest BCUT2D eigenvalue weighted by molar-refractivity contribution is 0.0350. The molecule has 2 amide bonds. The average molecular weight is 341 g/mol. The number of nitrogens with zero attached hydrogens (tertiary/aromatic N) is 2. The van der Waals surface area contributed by atoms with Crippen LogP contribution in [0.1, 0.15) is 6.92 Å². The molecule has 1 aromatic rings. The molecule has 0 aromatic heterocycles. The molecule has 1 aliphatic heterocycles. The van der Waals surface area contributed by atoms with Crippen LogP contribution in [0.4, 0.5) is 16.2 Å². The summed E-state index contributed by atoms with van der Waals surface area (Å²) in [5.74, 6) is 0. The molecule has 1 fully saturated rings. The van der Waals surface area contributed by atoms with E-state index in [0.29, 0.717) is 10.7 Å². The third-order valence-corrected chi connectivity index (χ3v) is 3.94.